The number of hydrogen-bond donors (Lipinski definition) is 1. The fourth-order valence-corrected chi connectivity index (χ4v) is 2.77. The van der Waals surface area contributed by atoms with E-state index in [0.29, 0.717) is 6.61 Å². The molecule has 1 N–H and O–H groups in total. The first-order valence-electron chi connectivity index (χ1n) is 5.88. The minimum atomic E-state index is 0.705. The van der Waals surface area contributed by atoms with Gasteiger partial charge in [0, 0.05) is 43.0 Å². The van der Waals surface area contributed by atoms with Gasteiger partial charge in [-0.2, -0.15) is 0 Å². The van der Waals surface area contributed by atoms with E-state index in [9.17, 15) is 0 Å². The number of ether oxygens (including phenoxy) is 2. The van der Waals surface area contributed by atoms with Crippen LogP contribution >= 0.6 is 23.4 Å². The van der Waals surface area contributed by atoms with Gasteiger partial charge < -0.3 is 14.8 Å². The van der Waals surface area contributed by atoms with Gasteiger partial charge in [-0.1, -0.05) is 17.7 Å². The van der Waals surface area contributed by atoms with E-state index in [2.05, 4.69) is 11.4 Å². The lowest BCUT2D eigenvalue weighted by atomic mass is 10.2. The van der Waals surface area contributed by atoms with Gasteiger partial charge in [-0.25, -0.2) is 0 Å². The Labute approximate surface area is 118 Å². The van der Waals surface area contributed by atoms with E-state index in [0.717, 1.165) is 36.0 Å². The van der Waals surface area contributed by atoms with Crippen LogP contribution in [0, 0.1) is 0 Å². The molecule has 0 saturated heterocycles. The van der Waals surface area contributed by atoms with Crippen molar-refractivity contribution in [1.82, 2.24) is 5.32 Å². The molecule has 0 aromatic heterocycles. The van der Waals surface area contributed by atoms with E-state index in [-0.39, 0.29) is 0 Å². The number of hydrogen-bond acceptors (Lipinski definition) is 4. The second kappa shape index (κ2) is 9.64. The molecule has 0 aliphatic carbocycles. The maximum Gasteiger partial charge on any atom is 0.0587 e. The summed E-state index contributed by atoms with van der Waals surface area (Å²) in [6.07, 6.45) is 0. The van der Waals surface area contributed by atoms with E-state index in [1.165, 1.54) is 4.90 Å². The topological polar surface area (TPSA) is 30.5 Å². The predicted molar refractivity (Wildman–Crippen MR) is 77.6 cm³/mol. The molecular weight excluding hydrogens is 270 g/mol. The molecule has 0 spiro atoms. The summed E-state index contributed by atoms with van der Waals surface area (Å²) in [5.74, 6) is 0.932. The van der Waals surface area contributed by atoms with E-state index >= 15 is 0 Å². The van der Waals surface area contributed by atoms with Crippen LogP contribution in [0.25, 0.3) is 0 Å². The molecule has 0 fully saturated rings. The second-order valence-electron chi connectivity index (χ2n) is 3.73. The zero-order valence-electron chi connectivity index (χ0n) is 10.9. The van der Waals surface area contributed by atoms with Crippen molar-refractivity contribution in [1.29, 1.82) is 0 Å². The SMILES string of the molecule is COCCNCc1c(Cl)cccc1SCCOC. The minimum absolute atomic E-state index is 0.705. The fourth-order valence-electron chi connectivity index (χ4n) is 1.47. The summed E-state index contributed by atoms with van der Waals surface area (Å²) in [5, 5.41) is 4.13. The summed E-state index contributed by atoms with van der Waals surface area (Å²) in [6.45, 7) is 3.03. The normalized spacial score (nSPS) is 10.8. The number of rotatable bonds is 9. The molecule has 5 heteroatoms. The molecule has 0 unspecified atom stereocenters. The van der Waals surface area contributed by atoms with Crippen LogP contribution in [0.2, 0.25) is 5.02 Å². The highest BCUT2D eigenvalue weighted by Crippen LogP contribution is 2.28. The average Bonchev–Trinajstić information content (AvgIpc) is 2.37. The van der Waals surface area contributed by atoms with Gasteiger partial charge in [0.2, 0.25) is 0 Å². The molecule has 0 atom stereocenters. The molecule has 0 heterocycles. The summed E-state index contributed by atoms with van der Waals surface area (Å²) < 4.78 is 10.1. The summed E-state index contributed by atoms with van der Waals surface area (Å²) in [7, 11) is 3.41. The second-order valence-corrected chi connectivity index (χ2v) is 5.27. The van der Waals surface area contributed by atoms with Crippen molar-refractivity contribution < 1.29 is 9.47 Å². The van der Waals surface area contributed by atoms with Crippen LogP contribution in [0.4, 0.5) is 0 Å². The van der Waals surface area contributed by atoms with Crippen LogP contribution in [-0.2, 0) is 16.0 Å². The van der Waals surface area contributed by atoms with Gasteiger partial charge in [0.1, 0.15) is 0 Å². The Morgan fingerprint density at radius 3 is 2.72 bits per heavy atom. The standard InChI is InChI=1S/C13H20ClNO2S/c1-16-7-6-15-10-11-12(14)4-3-5-13(11)18-9-8-17-2/h3-5,15H,6-10H2,1-2H3. The highest BCUT2D eigenvalue weighted by atomic mass is 35.5. The zero-order chi connectivity index (χ0) is 13.2. The van der Waals surface area contributed by atoms with Crippen LogP contribution in [-0.4, -0.2) is 39.7 Å². The maximum absolute atomic E-state index is 6.24. The number of thioether (sulfide) groups is 1. The largest absolute Gasteiger partial charge is 0.384 e. The van der Waals surface area contributed by atoms with Gasteiger partial charge in [-0.3, -0.25) is 0 Å². The summed E-state index contributed by atoms with van der Waals surface area (Å²) in [5.41, 5.74) is 1.15. The molecule has 102 valence electrons. The first-order chi connectivity index (χ1) is 8.79. The highest BCUT2D eigenvalue weighted by molar-refractivity contribution is 7.99. The number of benzene rings is 1. The van der Waals surface area contributed by atoms with E-state index in [1.807, 2.05) is 12.1 Å². The molecule has 1 rings (SSSR count). The van der Waals surface area contributed by atoms with Crippen LogP contribution < -0.4 is 5.32 Å². The van der Waals surface area contributed by atoms with Crippen LogP contribution in [0.5, 0.6) is 0 Å². The van der Waals surface area contributed by atoms with Gasteiger partial charge >= 0.3 is 0 Å². The average molecular weight is 290 g/mol. The fraction of sp³-hybridized carbons (Fsp3) is 0.538. The molecule has 0 radical (unpaired) electrons. The molecule has 18 heavy (non-hydrogen) atoms. The summed E-state index contributed by atoms with van der Waals surface area (Å²) in [4.78, 5) is 1.21. The Hall–Kier alpha value is -0.260. The van der Waals surface area contributed by atoms with Crippen LogP contribution in [0.1, 0.15) is 5.56 Å². The Morgan fingerprint density at radius 2 is 2.00 bits per heavy atom. The molecule has 0 aliphatic heterocycles. The predicted octanol–water partition coefficient (Wildman–Crippen LogP) is 2.81. The lowest BCUT2D eigenvalue weighted by Crippen LogP contribution is -2.19. The molecule has 1 aromatic carbocycles. The lowest BCUT2D eigenvalue weighted by Gasteiger charge is -2.12. The molecule has 3 nitrogen and oxygen atoms in total. The van der Waals surface area contributed by atoms with Crippen molar-refractivity contribution in [3.63, 3.8) is 0 Å². The van der Waals surface area contributed by atoms with Crippen molar-refractivity contribution in [3.8, 4) is 0 Å². The van der Waals surface area contributed by atoms with Gasteiger partial charge in [0.15, 0.2) is 0 Å². The quantitative estimate of drug-likeness (QED) is 0.559. The van der Waals surface area contributed by atoms with Gasteiger partial charge in [0.25, 0.3) is 0 Å². The van der Waals surface area contributed by atoms with Gasteiger partial charge in [-0.05, 0) is 17.7 Å². The number of nitrogens with one attached hydrogen (secondary N) is 1. The Morgan fingerprint density at radius 1 is 1.22 bits per heavy atom. The first kappa shape index (κ1) is 15.8. The smallest absolute Gasteiger partial charge is 0.0587 e. The van der Waals surface area contributed by atoms with E-state index < -0.39 is 0 Å². The first-order valence-corrected chi connectivity index (χ1v) is 7.24. The van der Waals surface area contributed by atoms with Gasteiger partial charge in [-0.15, -0.1) is 11.8 Å². The summed E-state index contributed by atoms with van der Waals surface area (Å²) in [6, 6.07) is 6.00. The number of methoxy groups -OCH3 is 2. The third-order valence-corrected chi connectivity index (χ3v) is 3.82. The number of halogens is 1. The van der Waals surface area contributed by atoms with Crippen molar-refractivity contribution >= 4 is 23.4 Å². The molecule has 1 aromatic rings. The minimum Gasteiger partial charge on any atom is -0.384 e. The molecule has 0 aliphatic rings. The molecular formula is C13H20ClNO2S. The van der Waals surface area contributed by atoms with Crippen molar-refractivity contribution in [2.45, 2.75) is 11.4 Å². The van der Waals surface area contributed by atoms with Crippen LogP contribution in [0.15, 0.2) is 23.1 Å². The Balaban J connectivity index is 2.56. The zero-order valence-corrected chi connectivity index (χ0v) is 12.4. The molecule has 0 saturated carbocycles. The third-order valence-electron chi connectivity index (χ3n) is 2.41. The maximum atomic E-state index is 6.24. The third kappa shape index (κ3) is 5.59. The van der Waals surface area contributed by atoms with E-state index in [4.69, 9.17) is 21.1 Å². The lowest BCUT2D eigenvalue weighted by molar-refractivity contribution is 0.199. The monoisotopic (exact) mass is 289 g/mol. The Kier molecular flexibility index (Phi) is 8.46. The van der Waals surface area contributed by atoms with E-state index in [1.54, 1.807) is 26.0 Å². The molecule has 0 bridgehead atoms. The van der Waals surface area contributed by atoms with Crippen molar-refractivity contribution in [3.05, 3.63) is 28.8 Å². The Bertz CT molecular complexity index is 350. The van der Waals surface area contributed by atoms with Gasteiger partial charge in [0.05, 0.1) is 13.2 Å². The highest BCUT2D eigenvalue weighted by Gasteiger charge is 2.07. The van der Waals surface area contributed by atoms with Crippen LogP contribution in [0.3, 0.4) is 0 Å². The summed E-state index contributed by atoms with van der Waals surface area (Å²) >= 11 is 8.01. The van der Waals surface area contributed by atoms with Crippen molar-refractivity contribution in [2.24, 2.45) is 0 Å². The van der Waals surface area contributed by atoms with Crippen molar-refractivity contribution in [2.75, 3.05) is 39.7 Å². The molecule has 0 amide bonds.